The van der Waals surface area contributed by atoms with Gasteiger partial charge in [-0.05, 0) is 57.1 Å². The molecule has 180 valence electrons. The lowest BCUT2D eigenvalue weighted by Crippen LogP contribution is -2.41. The summed E-state index contributed by atoms with van der Waals surface area (Å²) in [5.74, 6) is -0.455. The third-order valence-corrected chi connectivity index (χ3v) is 6.39. The van der Waals surface area contributed by atoms with Crippen LogP contribution in [0.5, 0.6) is 0 Å². The maximum atomic E-state index is 12.9. The SMILES string of the molecule is CN(C)CCn1c(=O)oc2ccc(NC(=O)C3CCN(C(=O)CCc4ccccc4)CC3)cc21. The fourth-order valence-corrected chi connectivity index (χ4v) is 4.34. The minimum atomic E-state index is -0.398. The van der Waals surface area contributed by atoms with Crippen LogP contribution in [0.4, 0.5) is 5.69 Å². The van der Waals surface area contributed by atoms with Crippen LogP contribution in [0.3, 0.4) is 0 Å². The molecule has 3 aromatic rings. The molecule has 0 unspecified atom stereocenters. The summed E-state index contributed by atoms with van der Waals surface area (Å²) in [6, 6.07) is 15.3. The molecule has 8 nitrogen and oxygen atoms in total. The number of likely N-dealkylation sites (N-methyl/N-ethyl adjacent to an activating group) is 1. The Kier molecular flexibility index (Phi) is 7.47. The van der Waals surface area contributed by atoms with Gasteiger partial charge in [0.05, 0.1) is 5.52 Å². The van der Waals surface area contributed by atoms with Gasteiger partial charge in [0.1, 0.15) is 0 Å². The monoisotopic (exact) mass is 464 g/mol. The van der Waals surface area contributed by atoms with E-state index in [2.05, 4.69) is 5.32 Å². The van der Waals surface area contributed by atoms with Crippen molar-refractivity contribution in [1.29, 1.82) is 0 Å². The van der Waals surface area contributed by atoms with Gasteiger partial charge in [0, 0.05) is 44.2 Å². The number of aromatic nitrogens is 1. The van der Waals surface area contributed by atoms with Crippen LogP contribution in [0.1, 0.15) is 24.8 Å². The predicted octanol–water partition coefficient (Wildman–Crippen LogP) is 2.97. The number of amides is 2. The van der Waals surface area contributed by atoms with E-state index >= 15 is 0 Å². The largest absolute Gasteiger partial charge is 0.419 e. The molecule has 4 rings (SSSR count). The Bertz CT molecular complexity index is 1190. The summed E-state index contributed by atoms with van der Waals surface area (Å²) in [6.45, 7) is 2.40. The van der Waals surface area contributed by atoms with Crippen molar-refractivity contribution in [3.63, 3.8) is 0 Å². The molecule has 8 heteroatoms. The molecule has 0 bridgehead atoms. The van der Waals surface area contributed by atoms with Crippen LogP contribution in [-0.4, -0.2) is 59.9 Å². The van der Waals surface area contributed by atoms with E-state index in [9.17, 15) is 14.4 Å². The van der Waals surface area contributed by atoms with E-state index in [-0.39, 0.29) is 17.7 Å². The average Bonchev–Trinajstić information content (AvgIpc) is 3.16. The normalized spacial score (nSPS) is 14.6. The molecule has 1 saturated heterocycles. The Morgan fingerprint density at radius 3 is 2.53 bits per heavy atom. The van der Waals surface area contributed by atoms with Crippen molar-refractivity contribution in [2.24, 2.45) is 5.92 Å². The number of piperidine rings is 1. The fraction of sp³-hybridized carbons (Fsp3) is 0.423. The maximum absolute atomic E-state index is 12.9. The van der Waals surface area contributed by atoms with E-state index in [1.54, 1.807) is 22.8 Å². The molecule has 1 fully saturated rings. The first-order chi connectivity index (χ1) is 16.4. The summed E-state index contributed by atoms with van der Waals surface area (Å²) in [6.07, 6.45) is 2.51. The van der Waals surface area contributed by atoms with Crippen molar-refractivity contribution in [1.82, 2.24) is 14.4 Å². The van der Waals surface area contributed by atoms with Gasteiger partial charge in [-0.15, -0.1) is 0 Å². The Labute approximate surface area is 199 Å². The minimum Gasteiger partial charge on any atom is -0.408 e. The van der Waals surface area contributed by atoms with Gasteiger partial charge < -0.3 is 19.5 Å². The maximum Gasteiger partial charge on any atom is 0.419 e. The summed E-state index contributed by atoms with van der Waals surface area (Å²) < 4.78 is 6.92. The first-order valence-electron chi connectivity index (χ1n) is 11.8. The number of aryl methyl sites for hydroxylation is 1. The van der Waals surface area contributed by atoms with Gasteiger partial charge in [0.25, 0.3) is 0 Å². The van der Waals surface area contributed by atoms with Gasteiger partial charge in [-0.25, -0.2) is 4.79 Å². The molecule has 0 saturated carbocycles. The molecular formula is C26H32N4O4. The first-order valence-corrected chi connectivity index (χ1v) is 11.8. The summed E-state index contributed by atoms with van der Waals surface area (Å²) >= 11 is 0. The number of carbonyl (C=O) groups is 2. The number of rotatable bonds is 8. The highest BCUT2D eigenvalue weighted by atomic mass is 16.4. The summed E-state index contributed by atoms with van der Waals surface area (Å²) in [5.41, 5.74) is 2.97. The Hall–Kier alpha value is -3.39. The zero-order valence-electron chi connectivity index (χ0n) is 19.8. The zero-order chi connectivity index (χ0) is 24.1. The number of hydrogen-bond donors (Lipinski definition) is 1. The minimum absolute atomic E-state index is 0.0542. The second kappa shape index (κ2) is 10.7. The third-order valence-electron chi connectivity index (χ3n) is 6.39. The van der Waals surface area contributed by atoms with Gasteiger partial charge in [-0.3, -0.25) is 14.2 Å². The van der Waals surface area contributed by atoms with E-state index in [0.29, 0.717) is 62.2 Å². The number of nitrogens with one attached hydrogen (secondary N) is 1. The number of benzene rings is 2. The van der Waals surface area contributed by atoms with Crippen LogP contribution in [0.15, 0.2) is 57.7 Å². The number of nitrogens with zero attached hydrogens (tertiary/aromatic N) is 3. The lowest BCUT2D eigenvalue weighted by Gasteiger charge is -2.31. The molecule has 0 aliphatic carbocycles. The predicted molar refractivity (Wildman–Crippen MR) is 132 cm³/mol. The van der Waals surface area contributed by atoms with E-state index in [1.807, 2.05) is 54.2 Å². The standard InChI is InChI=1S/C26H32N4O4/c1-28(2)16-17-30-22-18-21(9-10-23(22)34-26(30)33)27-25(32)20-12-14-29(15-13-20)24(31)11-8-19-6-4-3-5-7-19/h3-7,9-10,18,20H,8,11-17H2,1-2H3,(H,27,32). The average molecular weight is 465 g/mol. The van der Waals surface area contributed by atoms with E-state index in [4.69, 9.17) is 4.42 Å². The fourth-order valence-electron chi connectivity index (χ4n) is 4.34. The lowest BCUT2D eigenvalue weighted by molar-refractivity contribution is -0.134. The molecule has 1 aliphatic rings. The molecule has 1 aromatic heterocycles. The molecule has 1 aliphatic heterocycles. The van der Waals surface area contributed by atoms with E-state index in [1.165, 1.54) is 0 Å². The highest BCUT2D eigenvalue weighted by molar-refractivity contribution is 5.94. The van der Waals surface area contributed by atoms with Crippen LogP contribution < -0.4 is 11.1 Å². The van der Waals surface area contributed by atoms with Gasteiger partial charge in [-0.2, -0.15) is 0 Å². The smallest absolute Gasteiger partial charge is 0.408 e. The Morgan fingerprint density at radius 2 is 1.82 bits per heavy atom. The van der Waals surface area contributed by atoms with E-state index < -0.39 is 5.76 Å². The first kappa shape index (κ1) is 23.8. The van der Waals surface area contributed by atoms with Gasteiger partial charge >= 0.3 is 5.76 Å². The molecule has 2 amide bonds. The Morgan fingerprint density at radius 1 is 1.09 bits per heavy atom. The van der Waals surface area contributed by atoms with Crippen molar-refractivity contribution < 1.29 is 14.0 Å². The van der Waals surface area contributed by atoms with Crippen molar-refractivity contribution in [3.8, 4) is 0 Å². The summed E-state index contributed by atoms with van der Waals surface area (Å²) in [5, 5.41) is 2.99. The van der Waals surface area contributed by atoms with Gasteiger partial charge in [-0.1, -0.05) is 30.3 Å². The number of likely N-dealkylation sites (tertiary alicyclic amines) is 1. The quantitative estimate of drug-likeness (QED) is 0.554. The Balaban J connectivity index is 1.31. The highest BCUT2D eigenvalue weighted by Gasteiger charge is 2.27. The molecule has 34 heavy (non-hydrogen) atoms. The van der Waals surface area contributed by atoms with Crippen molar-refractivity contribution in [2.75, 3.05) is 39.0 Å². The summed E-state index contributed by atoms with van der Waals surface area (Å²) in [7, 11) is 3.89. The number of fused-ring (bicyclic) bond motifs is 1. The molecule has 2 heterocycles. The molecule has 0 radical (unpaired) electrons. The van der Waals surface area contributed by atoms with Crippen LogP contribution in [0.2, 0.25) is 0 Å². The second-order valence-electron chi connectivity index (χ2n) is 9.14. The topological polar surface area (TPSA) is 87.8 Å². The number of carbonyl (C=O) groups excluding carboxylic acids is 2. The highest BCUT2D eigenvalue weighted by Crippen LogP contribution is 2.23. The van der Waals surface area contributed by atoms with Crippen molar-refractivity contribution in [3.05, 3.63) is 64.6 Å². The van der Waals surface area contributed by atoms with Crippen molar-refractivity contribution in [2.45, 2.75) is 32.2 Å². The van der Waals surface area contributed by atoms with Crippen LogP contribution in [-0.2, 0) is 22.6 Å². The van der Waals surface area contributed by atoms with Crippen LogP contribution >= 0.6 is 0 Å². The summed E-state index contributed by atoms with van der Waals surface area (Å²) in [4.78, 5) is 41.5. The van der Waals surface area contributed by atoms with Crippen LogP contribution in [0.25, 0.3) is 11.1 Å². The lowest BCUT2D eigenvalue weighted by atomic mass is 9.95. The molecule has 2 aromatic carbocycles. The third kappa shape index (κ3) is 5.75. The van der Waals surface area contributed by atoms with Crippen molar-refractivity contribution >= 4 is 28.6 Å². The molecule has 1 N–H and O–H groups in total. The molecule has 0 atom stereocenters. The zero-order valence-corrected chi connectivity index (χ0v) is 19.8. The molecular weight excluding hydrogens is 432 g/mol. The number of hydrogen-bond acceptors (Lipinski definition) is 5. The van der Waals surface area contributed by atoms with Gasteiger partial charge in [0.15, 0.2) is 5.58 Å². The number of oxazole rings is 1. The van der Waals surface area contributed by atoms with Crippen LogP contribution in [0, 0.1) is 5.92 Å². The number of anilines is 1. The molecule has 0 spiro atoms. The van der Waals surface area contributed by atoms with E-state index in [0.717, 1.165) is 12.0 Å². The second-order valence-corrected chi connectivity index (χ2v) is 9.14. The van der Waals surface area contributed by atoms with Gasteiger partial charge in [0.2, 0.25) is 11.8 Å².